The van der Waals surface area contributed by atoms with E-state index in [1.54, 1.807) is 12.3 Å². The number of carboxylic acid groups (broad SMARTS) is 1. The molecule has 0 unspecified atom stereocenters. The normalized spacial score (nSPS) is 27.2. The number of alkyl halides is 3. The summed E-state index contributed by atoms with van der Waals surface area (Å²) in [5, 5.41) is 7.12. The maximum Gasteiger partial charge on any atom is 0.490 e. The second-order valence-electron chi connectivity index (χ2n) is 8.11. The van der Waals surface area contributed by atoms with Gasteiger partial charge < -0.3 is 24.1 Å². The van der Waals surface area contributed by atoms with E-state index in [1.807, 2.05) is 4.90 Å². The van der Waals surface area contributed by atoms with Gasteiger partial charge in [-0.2, -0.15) is 13.2 Å². The minimum absolute atomic E-state index is 0.0703. The third kappa shape index (κ3) is 5.75. The van der Waals surface area contributed by atoms with Gasteiger partial charge in [0.25, 0.3) is 5.91 Å². The molecule has 1 aromatic rings. The van der Waals surface area contributed by atoms with Gasteiger partial charge in [-0.05, 0) is 57.7 Å². The van der Waals surface area contributed by atoms with Gasteiger partial charge >= 0.3 is 12.1 Å². The molecule has 7 nitrogen and oxygen atoms in total. The molecule has 1 aromatic heterocycles. The lowest BCUT2D eigenvalue weighted by atomic mass is 9.90. The molecule has 0 aliphatic carbocycles. The van der Waals surface area contributed by atoms with Crippen LogP contribution >= 0.6 is 0 Å². The molecule has 4 rings (SSSR count). The lowest BCUT2D eigenvalue weighted by molar-refractivity contribution is -0.192. The Hall–Kier alpha value is -2.07. The number of halogens is 3. The van der Waals surface area contributed by atoms with Crippen LogP contribution in [0.25, 0.3) is 0 Å². The zero-order valence-corrected chi connectivity index (χ0v) is 16.7. The van der Waals surface area contributed by atoms with Crippen molar-refractivity contribution in [3.63, 3.8) is 0 Å². The highest BCUT2D eigenvalue weighted by molar-refractivity contribution is 5.94. The monoisotopic (exact) mass is 432 g/mol. The van der Waals surface area contributed by atoms with E-state index in [9.17, 15) is 18.0 Å². The maximum atomic E-state index is 12.5. The molecule has 0 aromatic carbocycles. The minimum Gasteiger partial charge on any atom is -0.475 e. The predicted octanol–water partition coefficient (Wildman–Crippen LogP) is 3.16. The summed E-state index contributed by atoms with van der Waals surface area (Å²) in [6, 6.07) is 1.74. The van der Waals surface area contributed by atoms with Crippen LogP contribution in [0.1, 0.15) is 48.9 Å². The summed E-state index contributed by atoms with van der Waals surface area (Å²) in [6.45, 7) is 5.03. The van der Waals surface area contributed by atoms with E-state index in [0.29, 0.717) is 11.7 Å². The van der Waals surface area contributed by atoms with Gasteiger partial charge in [-0.15, -0.1) is 0 Å². The number of carbonyl (C=O) groups excluding carboxylic acids is 1. The number of carbonyl (C=O) groups is 2. The molecular weight excluding hydrogens is 405 g/mol. The van der Waals surface area contributed by atoms with Crippen molar-refractivity contribution >= 4 is 11.9 Å². The summed E-state index contributed by atoms with van der Waals surface area (Å²) in [6.07, 6.45) is 5.42. The molecule has 168 valence electrons. The highest BCUT2D eigenvalue weighted by Gasteiger charge is 2.45. The Kier molecular flexibility index (Phi) is 7.07. The van der Waals surface area contributed by atoms with Crippen molar-refractivity contribution in [2.75, 3.05) is 32.7 Å². The molecule has 0 radical (unpaired) electrons. The summed E-state index contributed by atoms with van der Waals surface area (Å²) < 4.78 is 43.3. The van der Waals surface area contributed by atoms with Crippen molar-refractivity contribution in [2.45, 2.75) is 56.4 Å². The first-order chi connectivity index (χ1) is 14.2. The number of carboxylic acids is 1. The second-order valence-corrected chi connectivity index (χ2v) is 8.11. The fourth-order valence-electron chi connectivity index (χ4n) is 4.39. The van der Waals surface area contributed by atoms with Crippen molar-refractivity contribution in [1.29, 1.82) is 0 Å². The third-order valence-corrected chi connectivity index (χ3v) is 5.85. The first kappa shape index (κ1) is 22.6. The van der Waals surface area contributed by atoms with Crippen LogP contribution in [0.15, 0.2) is 23.0 Å². The zero-order chi connectivity index (χ0) is 21.8. The maximum absolute atomic E-state index is 12.5. The van der Waals surface area contributed by atoms with Crippen molar-refractivity contribution in [3.8, 4) is 0 Å². The van der Waals surface area contributed by atoms with Crippen LogP contribution in [0.4, 0.5) is 13.2 Å². The number of amides is 1. The summed E-state index contributed by atoms with van der Waals surface area (Å²) in [4.78, 5) is 25.9. The summed E-state index contributed by atoms with van der Waals surface area (Å²) >= 11 is 0. The lowest BCUT2D eigenvalue weighted by Gasteiger charge is -2.40. The third-order valence-electron chi connectivity index (χ3n) is 5.85. The molecule has 10 heteroatoms. The Morgan fingerprint density at radius 2 is 1.87 bits per heavy atom. The summed E-state index contributed by atoms with van der Waals surface area (Å²) in [5.41, 5.74) is 0.536. The van der Waals surface area contributed by atoms with Gasteiger partial charge in [-0.3, -0.25) is 4.79 Å². The van der Waals surface area contributed by atoms with Crippen LogP contribution in [-0.2, 0) is 9.53 Å². The molecule has 30 heavy (non-hydrogen) atoms. The molecule has 3 aliphatic rings. The van der Waals surface area contributed by atoms with Crippen LogP contribution in [-0.4, -0.2) is 77.4 Å². The van der Waals surface area contributed by atoms with Gasteiger partial charge in [-0.1, -0.05) is 0 Å². The SMILES string of the molecule is O=C(O)C(F)(F)F.O=C(c1ccoc1)N1CC[C@]2(CCC[C@@H](CN3CCCC3)O2)C1. The largest absolute Gasteiger partial charge is 0.490 e. The van der Waals surface area contributed by atoms with Gasteiger partial charge in [0.05, 0.1) is 30.1 Å². The van der Waals surface area contributed by atoms with Crippen LogP contribution in [0.2, 0.25) is 0 Å². The summed E-state index contributed by atoms with van der Waals surface area (Å²) in [5.74, 6) is -2.69. The molecule has 1 N–H and O–H groups in total. The number of nitrogens with zero attached hydrogens (tertiary/aromatic N) is 2. The Labute approximate surface area is 172 Å². The number of rotatable bonds is 3. The smallest absolute Gasteiger partial charge is 0.475 e. The fourth-order valence-corrected chi connectivity index (χ4v) is 4.39. The standard InChI is InChI=1S/C18H26N2O3.C2HF3O2/c21-17(15-5-11-22-13-15)20-10-7-18(14-20)6-3-4-16(23-18)12-19-8-1-2-9-19;3-2(4,5)1(6)7/h5,11,13,16H,1-4,6-10,12,14H2;(H,6,7)/t16-,18+;/m0./s1. The molecular formula is C20H27F3N2O5. The minimum atomic E-state index is -5.08. The van der Waals surface area contributed by atoms with E-state index < -0.39 is 12.1 Å². The Morgan fingerprint density at radius 1 is 1.17 bits per heavy atom. The Balaban J connectivity index is 0.000000318. The topological polar surface area (TPSA) is 83.2 Å². The first-order valence-corrected chi connectivity index (χ1v) is 10.2. The average molecular weight is 432 g/mol. The highest BCUT2D eigenvalue weighted by atomic mass is 19.4. The quantitative estimate of drug-likeness (QED) is 0.790. The Morgan fingerprint density at radius 3 is 2.47 bits per heavy atom. The van der Waals surface area contributed by atoms with Crippen LogP contribution in [0.3, 0.4) is 0 Å². The zero-order valence-electron chi connectivity index (χ0n) is 16.7. The fraction of sp³-hybridized carbons (Fsp3) is 0.700. The van der Waals surface area contributed by atoms with Gasteiger partial charge in [0, 0.05) is 13.1 Å². The van der Waals surface area contributed by atoms with E-state index in [0.717, 1.165) is 38.9 Å². The Bertz CT molecular complexity index is 719. The predicted molar refractivity (Wildman–Crippen MR) is 100 cm³/mol. The van der Waals surface area contributed by atoms with E-state index in [-0.39, 0.29) is 11.5 Å². The van der Waals surface area contributed by atoms with Gasteiger partial charge in [0.1, 0.15) is 6.26 Å². The molecule has 4 heterocycles. The van der Waals surface area contributed by atoms with Crippen LogP contribution < -0.4 is 0 Å². The average Bonchev–Trinajstić information content (AvgIpc) is 3.43. The number of ether oxygens (including phenoxy) is 1. The van der Waals surface area contributed by atoms with Crippen LogP contribution in [0.5, 0.6) is 0 Å². The number of hydrogen-bond donors (Lipinski definition) is 1. The molecule has 3 saturated heterocycles. The van der Waals surface area contributed by atoms with E-state index in [4.69, 9.17) is 19.1 Å². The van der Waals surface area contributed by atoms with Gasteiger partial charge in [0.15, 0.2) is 0 Å². The van der Waals surface area contributed by atoms with Crippen molar-refractivity contribution in [1.82, 2.24) is 9.80 Å². The number of aliphatic carboxylic acids is 1. The van der Waals surface area contributed by atoms with Gasteiger partial charge in [0.2, 0.25) is 0 Å². The van der Waals surface area contributed by atoms with Crippen molar-refractivity contribution in [2.24, 2.45) is 0 Å². The first-order valence-electron chi connectivity index (χ1n) is 10.2. The molecule has 0 bridgehead atoms. The van der Waals surface area contributed by atoms with Crippen LogP contribution in [0, 0.1) is 0 Å². The lowest BCUT2D eigenvalue weighted by Crippen LogP contribution is -2.47. The molecule has 0 saturated carbocycles. The van der Waals surface area contributed by atoms with Crippen molar-refractivity contribution < 1.29 is 37.0 Å². The number of furan rings is 1. The molecule has 3 aliphatic heterocycles. The molecule has 3 fully saturated rings. The van der Waals surface area contributed by atoms with E-state index in [2.05, 4.69) is 4.90 Å². The molecule has 1 spiro atoms. The molecule has 1 amide bonds. The van der Waals surface area contributed by atoms with Gasteiger partial charge in [-0.25, -0.2) is 4.79 Å². The molecule has 2 atom stereocenters. The number of hydrogen-bond acceptors (Lipinski definition) is 5. The highest BCUT2D eigenvalue weighted by Crippen LogP contribution is 2.37. The van der Waals surface area contributed by atoms with E-state index in [1.165, 1.54) is 38.6 Å². The second kappa shape index (κ2) is 9.38. The van der Waals surface area contributed by atoms with E-state index >= 15 is 0 Å². The van der Waals surface area contributed by atoms with Crippen molar-refractivity contribution in [3.05, 3.63) is 24.2 Å². The number of likely N-dealkylation sites (tertiary alicyclic amines) is 2. The summed E-state index contributed by atoms with van der Waals surface area (Å²) in [7, 11) is 0.